The smallest absolute Gasteiger partial charge is 0.240 e. The Labute approximate surface area is 109 Å². The molecule has 0 bridgehead atoms. The number of carbonyl (C=O) groups is 1. The van der Waals surface area contributed by atoms with Crippen LogP contribution in [0.15, 0.2) is 0 Å². The highest BCUT2D eigenvalue weighted by Crippen LogP contribution is 2.26. The van der Waals surface area contributed by atoms with Crippen molar-refractivity contribution in [2.24, 2.45) is 5.73 Å². The van der Waals surface area contributed by atoms with Crippen molar-refractivity contribution >= 4 is 28.2 Å². The molecule has 1 amide bonds. The molecule has 0 heterocycles. The Bertz CT molecular complexity index is 351. The highest BCUT2D eigenvalue weighted by Gasteiger charge is 2.36. The van der Waals surface area contributed by atoms with Gasteiger partial charge in [-0.3, -0.25) is 4.79 Å². The highest BCUT2D eigenvalue weighted by molar-refractivity contribution is 7.91. The van der Waals surface area contributed by atoms with Crippen molar-refractivity contribution in [1.29, 1.82) is 0 Å². The molecule has 0 aromatic carbocycles. The molecule has 0 saturated heterocycles. The summed E-state index contributed by atoms with van der Waals surface area (Å²) in [6.07, 6.45) is 3.33. The second kappa shape index (κ2) is 6.56. The van der Waals surface area contributed by atoms with Crippen LogP contribution in [-0.2, 0) is 14.6 Å². The predicted octanol–water partition coefficient (Wildman–Crippen LogP) is 0.231. The van der Waals surface area contributed by atoms with Crippen LogP contribution in [-0.4, -0.2) is 37.9 Å². The van der Waals surface area contributed by atoms with Crippen LogP contribution in [0.25, 0.3) is 0 Å². The van der Waals surface area contributed by atoms with E-state index in [0.29, 0.717) is 12.8 Å². The van der Waals surface area contributed by atoms with Crippen molar-refractivity contribution in [3.8, 4) is 0 Å². The number of rotatable bonds is 5. The molecular weight excluding hydrogens is 264 g/mol. The number of sulfone groups is 1. The molecule has 0 aromatic heterocycles. The van der Waals surface area contributed by atoms with E-state index < -0.39 is 15.4 Å². The third-order valence-corrected chi connectivity index (χ3v) is 4.79. The summed E-state index contributed by atoms with van der Waals surface area (Å²) < 4.78 is 22.4. The summed E-state index contributed by atoms with van der Waals surface area (Å²) in [4.78, 5) is 11.7. The fourth-order valence-electron chi connectivity index (χ4n) is 1.87. The SMILES string of the molecule is CCS(=O)(=O)CCNC(=O)C1(N)CCCC1.Cl. The first kappa shape index (κ1) is 16.7. The molecule has 0 unspecified atom stereocenters. The van der Waals surface area contributed by atoms with Crippen molar-refractivity contribution in [1.82, 2.24) is 5.32 Å². The number of amides is 1. The number of nitrogens with two attached hydrogens (primary N) is 1. The molecule has 0 aromatic rings. The summed E-state index contributed by atoms with van der Waals surface area (Å²) in [7, 11) is -3.01. The van der Waals surface area contributed by atoms with Crippen molar-refractivity contribution in [2.75, 3.05) is 18.1 Å². The lowest BCUT2D eigenvalue weighted by molar-refractivity contribution is -0.126. The van der Waals surface area contributed by atoms with E-state index in [-0.39, 0.29) is 36.4 Å². The van der Waals surface area contributed by atoms with Crippen molar-refractivity contribution in [3.05, 3.63) is 0 Å². The van der Waals surface area contributed by atoms with E-state index in [1.165, 1.54) is 0 Å². The maximum absolute atomic E-state index is 11.7. The first-order valence-corrected chi connectivity index (χ1v) is 7.49. The summed E-state index contributed by atoms with van der Waals surface area (Å²) in [5.74, 6) is -0.113. The Morgan fingerprint density at radius 2 is 1.88 bits per heavy atom. The van der Waals surface area contributed by atoms with Crippen LogP contribution in [0, 0.1) is 0 Å². The lowest BCUT2D eigenvalue weighted by Gasteiger charge is -2.22. The molecule has 17 heavy (non-hydrogen) atoms. The summed E-state index contributed by atoms with van der Waals surface area (Å²) in [6, 6.07) is 0. The number of halogens is 1. The lowest BCUT2D eigenvalue weighted by atomic mass is 9.98. The van der Waals surface area contributed by atoms with E-state index in [1.807, 2.05) is 0 Å². The van der Waals surface area contributed by atoms with E-state index in [0.717, 1.165) is 12.8 Å². The van der Waals surface area contributed by atoms with Gasteiger partial charge in [0.1, 0.15) is 0 Å². The Morgan fingerprint density at radius 3 is 2.35 bits per heavy atom. The van der Waals surface area contributed by atoms with Gasteiger partial charge in [0.15, 0.2) is 9.84 Å². The average molecular weight is 285 g/mol. The van der Waals surface area contributed by atoms with Gasteiger partial charge in [-0.25, -0.2) is 8.42 Å². The first-order chi connectivity index (χ1) is 7.40. The second-order valence-corrected chi connectivity index (χ2v) is 6.83. The zero-order chi connectivity index (χ0) is 12.2. The molecule has 102 valence electrons. The topological polar surface area (TPSA) is 89.3 Å². The van der Waals surface area contributed by atoms with E-state index >= 15 is 0 Å². The summed E-state index contributed by atoms with van der Waals surface area (Å²) in [5.41, 5.74) is 5.16. The van der Waals surface area contributed by atoms with Crippen LogP contribution in [0.2, 0.25) is 0 Å². The van der Waals surface area contributed by atoms with Crippen LogP contribution < -0.4 is 11.1 Å². The van der Waals surface area contributed by atoms with Gasteiger partial charge in [-0.2, -0.15) is 0 Å². The third-order valence-electron chi connectivity index (χ3n) is 3.09. The summed E-state index contributed by atoms with van der Waals surface area (Å²) in [5, 5.41) is 2.61. The normalized spacial score (nSPS) is 18.5. The molecule has 1 saturated carbocycles. The predicted molar refractivity (Wildman–Crippen MR) is 70.0 cm³/mol. The molecule has 1 fully saturated rings. The van der Waals surface area contributed by atoms with Gasteiger partial charge in [0.05, 0.1) is 11.3 Å². The van der Waals surface area contributed by atoms with E-state index in [9.17, 15) is 13.2 Å². The Balaban J connectivity index is 0.00000256. The number of nitrogens with one attached hydrogen (secondary N) is 1. The van der Waals surface area contributed by atoms with Crippen LogP contribution in [0.4, 0.5) is 0 Å². The minimum atomic E-state index is -3.01. The van der Waals surface area contributed by atoms with Crippen molar-refractivity contribution < 1.29 is 13.2 Å². The summed E-state index contributed by atoms with van der Waals surface area (Å²) >= 11 is 0. The number of carbonyl (C=O) groups excluding carboxylic acids is 1. The molecule has 5 nitrogen and oxygen atoms in total. The highest BCUT2D eigenvalue weighted by atomic mass is 35.5. The molecule has 1 aliphatic carbocycles. The molecular formula is C10H21ClN2O3S. The molecule has 7 heteroatoms. The van der Waals surface area contributed by atoms with Gasteiger partial charge in [0.25, 0.3) is 0 Å². The second-order valence-electron chi connectivity index (χ2n) is 4.36. The van der Waals surface area contributed by atoms with Gasteiger partial charge < -0.3 is 11.1 Å². The minimum Gasteiger partial charge on any atom is -0.353 e. The molecule has 0 atom stereocenters. The average Bonchev–Trinajstić information content (AvgIpc) is 2.66. The molecule has 1 rings (SSSR count). The van der Waals surface area contributed by atoms with Gasteiger partial charge in [0, 0.05) is 12.3 Å². The van der Waals surface area contributed by atoms with Crippen LogP contribution in [0.5, 0.6) is 0 Å². The largest absolute Gasteiger partial charge is 0.353 e. The van der Waals surface area contributed by atoms with E-state index in [4.69, 9.17) is 5.73 Å². The fraction of sp³-hybridized carbons (Fsp3) is 0.900. The molecule has 0 spiro atoms. The van der Waals surface area contributed by atoms with Gasteiger partial charge >= 0.3 is 0 Å². The minimum absolute atomic E-state index is 0. The fourth-order valence-corrected chi connectivity index (χ4v) is 2.58. The Morgan fingerprint density at radius 1 is 1.35 bits per heavy atom. The zero-order valence-electron chi connectivity index (χ0n) is 10.1. The van der Waals surface area contributed by atoms with Gasteiger partial charge in [-0.1, -0.05) is 19.8 Å². The monoisotopic (exact) mass is 284 g/mol. The standard InChI is InChI=1S/C10H20N2O3S.ClH/c1-2-16(14,15)8-7-12-9(13)10(11)5-3-4-6-10;/h2-8,11H2,1H3,(H,12,13);1H. The van der Waals surface area contributed by atoms with Gasteiger partial charge in [-0.05, 0) is 12.8 Å². The van der Waals surface area contributed by atoms with Crippen molar-refractivity contribution in [3.63, 3.8) is 0 Å². The van der Waals surface area contributed by atoms with Crippen LogP contribution in [0.1, 0.15) is 32.6 Å². The Kier molecular flexibility index (Phi) is 6.43. The van der Waals surface area contributed by atoms with E-state index in [1.54, 1.807) is 6.92 Å². The molecule has 0 radical (unpaired) electrons. The van der Waals surface area contributed by atoms with E-state index in [2.05, 4.69) is 5.32 Å². The maximum Gasteiger partial charge on any atom is 0.240 e. The van der Waals surface area contributed by atoms with Gasteiger partial charge in [0.2, 0.25) is 5.91 Å². The maximum atomic E-state index is 11.7. The Hall–Kier alpha value is -0.330. The summed E-state index contributed by atoms with van der Waals surface area (Å²) in [6.45, 7) is 1.76. The molecule has 3 N–H and O–H groups in total. The first-order valence-electron chi connectivity index (χ1n) is 5.67. The zero-order valence-corrected chi connectivity index (χ0v) is 11.7. The van der Waals surface area contributed by atoms with Gasteiger partial charge in [-0.15, -0.1) is 12.4 Å². The molecule has 0 aliphatic heterocycles. The van der Waals surface area contributed by atoms with Crippen molar-refractivity contribution in [2.45, 2.75) is 38.1 Å². The molecule has 1 aliphatic rings. The number of hydrogen-bond acceptors (Lipinski definition) is 4. The van der Waals surface area contributed by atoms with Crippen LogP contribution >= 0.6 is 12.4 Å². The third kappa shape index (κ3) is 4.81. The number of hydrogen-bond donors (Lipinski definition) is 2. The van der Waals surface area contributed by atoms with Crippen LogP contribution in [0.3, 0.4) is 0 Å². The quantitative estimate of drug-likeness (QED) is 0.756. The lowest BCUT2D eigenvalue weighted by Crippen LogP contribution is -2.52.